The summed E-state index contributed by atoms with van der Waals surface area (Å²) in [4.78, 5) is 7.18. The highest BCUT2D eigenvalue weighted by molar-refractivity contribution is 5.74. The summed E-state index contributed by atoms with van der Waals surface area (Å²) in [7, 11) is 1.74. The number of fused-ring (bicyclic) bond motifs is 1. The predicted octanol–water partition coefficient (Wildman–Crippen LogP) is 6.02. The van der Waals surface area contributed by atoms with Gasteiger partial charge >= 0.3 is 0 Å². The lowest BCUT2D eigenvalue weighted by Gasteiger charge is -2.42. The van der Waals surface area contributed by atoms with Crippen LogP contribution in [0.25, 0.3) is 11.1 Å². The van der Waals surface area contributed by atoms with Crippen LogP contribution in [0.2, 0.25) is 0 Å². The van der Waals surface area contributed by atoms with Crippen LogP contribution in [-0.4, -0.2) is 42.7 Å². The molecule has 1 aliphatic rings. The Labute approximate surface area is 213 Å². The third-order valence-electron chi connectivity index (χ3n) is 7.07. The van der Waals surface area contributed by atoms with Crippen molar-refractivity contribution in [1.82, 2.24) is 15.2 Å². The molecule has 36 heavy (non-hydrogen) atoms. The summed E-state index contributed by atoms with van der Waals surface area (Å²) < 4.78 is 11.4. The fraction of sp³-hybridized carbons (Fsp3) is 0.367. The van der Waals surface area contributed by atoms with Crippen molar-refractivity contribution < 1.29 is 9.15 Å². The molecule has 6 heteroatoms. The van der Waals surface area contributed by atoms with Crippen LogP contribution in [0, 0.1) is 0 Å². The highest BCUT2D eigenvalue weighted by atomic mass is 16.5. The van der Waals surface area contributed by atoms with Gasteiger partial charge in [-0.25, -0.2) is 0 Å². The Morgan fingerprint density at radius 3 is 2.64 bits per heavy atom. The van der Waals surface area contributed by atoms with Gasteiger partial charge in [-0.15, -0.1) is 0 Å². The maximum absolute atomic E-state index is 5.78. The van der Waals surface area contributed by atoms with Gasteiger partial charge in [0.25, 0.3) is 6.01 Å². The summed E-state index contributed by atoms with van der Waals surface area (Å²) in [6.07, 6.45) is 4.56. The van der Waals surface area contributed by atoms with Crippen LogP contribution in [0.15, 0.2) is 83.3 Å². The summed E-state index contributed by atoms with van der Waals surface area (Å²) in [5, 5.41) is 7.22. The second kappa shape index (κ2) is 12.1. The van der Waals surface area contributed by atoms with Crippen LogP contribution >= 0.6 is 0 Å². The number of ether oxygens (including phenoxy) is 1. The second-order valence-electron chi connectivity index (χ2n) is 9.45. The number of para-hydroxylation sites is 3. The van der Waals surface area contributed by atoms with Crippen LogP contribution in [0.3, 0.4) is 0 Å². The largest absolute Gasteiger partial charge is 0.496 e. The van der Waals surface area contributed by atoms with E-state index in [0.29, 0.717) is 18.1 Å². The quantitative estimate of drug-likeness (QED) is 0.254. The molecule has 1 fully saturated rings. The van der Waals surface area contributed by atoms with E-state index in [1.165, 1.54) is 24.0 Å². The smallest absolute Gasteiger partial charge is 0.295 e. The van der Waals surface area contributed by atoms with E-state index < -0.39 is 0 Å². The molecule has 2 atom stereocenters. The van der Waals surface area contributed by atoms with Gasteiger partial charge in [0.05, 0.1) is 13.2 Å². The van der Waals surface area contributed by atoms with Crippen molar-refractivity contribution in [3.05, 3.63) is 90.0 Å². The van der Waals surface area contributed by atoms with Crippen LogP contribution < -0.4 is 15.4 Å². The molecule has 2 N–H and O–H groups in total. The van der Waals surface area contributed by atoms with Crippen molar-refractivity contribution in [1.29, 1.82) is 0 Å². The van der Waals surface area contributed by atoms with Gasteiger partial charge in [0, 0.05) is 24.7 Å². The van der Waals surface area contributed by atoms with Crippen LogP contribution in [0.1, 0.15) is 42.9 Å². The molecule has 1 aromatic heterocycles. The van der Waals surface area contributed by atoms with Gasteiger partial charge in [-0.2, -0.15) is 4.98 Å². The number of likely N-dealkylation sites (tertiary alicyclic amines) is 1. The first-order valence-corrected chi connectivity index (χ1v) is 13.1. The normalized spacial score (nSPS) is 18.4. The van der Waals surface area contributed by atoms with Gasteiger partial charge in [-0.1, -0.05) is 60.7 Å². The van der Waals surface area contributed by atoms with E-state index in [0.717, 1.165) is 55.9 Å². The predicted molar refractivity (Wildman–Crippen MR) is 145 cm³/mol. The molecule has 6 nitrogen and oxygen atoms in total. The molecular weight excluding hydrogens is 448 g/mol. The van der Waals surface area contributed by atoms with E-state index in [4.69, 9.17) is 9.15 Å². The summed E-state index contributed by atoms with van der Waals surface area (Å²) in [6.45, 7) is 3.86. The average molecular weight is 485 g/mol. The first kappa shape index (κ1) is 24.3. The molecule has 0 saturated carbocycles. The molecule has 0 spiro atoms. The summed E-state index contributed by atoms with van der Waals surface area (Å²) in [6, 6.07) is 28.5. The summed E-state index contributed by atoms with van der Waals surface area (Å²) in [5.74, 6) is 0.945. The molecular formula is C30H36N4O2. The molecule has 188 valence electrons. The first-order chi connectivity index (χ1) is 17.8. The number of oxazole rings is 1. The number of unbranched alkanes of at least 4 members (excludes halogenated alkanes) is 1. The maximum atomic E-state index is 5.78. The molecule has 2 unspecified atom stereocenters. The molecule has 4 aromatic rings. The van der Waals surface area contributed by atoms with Crippen molar-refractivity contribution in [2.75, 3.05) is 32.1 Å². The maximum Gasteiger partial charge on any atom is 0.295 e. The Hall–Kier alpha value is -3.35. The van der Waals surface area contributed by atoms with E-state index in [9.17, 15) is 0 Å². The SMILES string of the molecule is COc1ccccc1CNC1CCCN(CCCCNc2nc3ccccc3o2)C1c1ccccc1. The van der Waals surface area contributed by atoms with Crippen molar-refractivity contribution in [2.45, 2.75) is 44.3 Å². The third kappa shape index (κ3) is 5.89. The highest BCUT2D eigenvalue weighted by Crippen LogP contribution is 2.32. The number of nitrogens with zero attached hydrogens (tertiary/aromatic N) is 2. The van der Waals surface area contributed by atoms with Crippen molar-refractivity contribution in [2.24, 2.45) is 0 Å². The van der Waals surface area contributed by atoms with Gasteiger partial charge < -0.3 is 19.8 Å². The lowest BCUT2D eigenvalue weighted by atomic mass is 9.89. The minimum atomic E-state index is 0.361. The highest BCUT2D eigenvalue weighted by Gasteiger charge is 2.32. The Kier molecular flexibility index (Phi) is 8.16. The number of aromatic nitrogens is 1. The zero-order valence-corrected chi connectivity index (χ0v) is 21.0. The number of nitrogens with one attached hydrogen (secondary N) is 2. The van der Waals surface area contributed by atoms with E-state index in [-0.39, 0.29) is 0 Å². The van der Waals surface area contributed by atoms with E-state index in [2.05, 4.69) is 63.0 Å². The second-order valence-corrected chi connectivity index (χ2v) is 9.45. The van der Waals surface area contributed by atoms with E-state index in [1.807, 2.05) is 36.4 Å². The minimum Gasteiger partial charge on any atom is -0.496 e. The molecule has 1 aliphatic heterocycles. The Morgan fingerprint density at radius 1 is 0.972 bits per heavy atom. The fourth-order valence-corrected chi connectivity index (χ4v) is 5.30. The molecule has 0 bridgehead atoms. The molecule has 5 rings (SSSR count). The lowest BCUT2D eigenvalue weighted by Crippen LogP contribution is -2.48. The molecule has 0 amide bonds. The zero-order valence-electron chi connectivity index (χ0n) is 21.0. The van der Waals surface area contributed by atoms with Gasteiger partial charge in [-0.3, -0.25) is 4.90 Å². The topological polar surface area (TPSA) is 62.6 Å². The van der Waals surface area contributed by atoms with Gasteiger partial charge in [0.15, 0.2) is 5.58 Å². The van der Waals surface area contributed by atoms with E-state index in [1.54, 1.807) is 7.11 Å². The minimum absolute atomic E-state index is 0.361. The molecule has 0 radical (unpaired) electrons. The van der Waals surface area contributed by atoms with Crippen molar-refractivity contribution in [3.63, 3.8) is 0 Å². The third-order valence-corrected chi connectivity index (χ3v) is 7.07. The van der Waals surface area contributed by atoms with Crippen LogP contribution in [0.5, 0.6) is 5.75 Å². The number of piperidine rings is 1. The zero-order chi connectivity index (χ0) is 24.6. The summed E-state index contributed by atoms with van der Waals surface area (Å²) >= 11 is 0. The Balaban J connectivity index is 1.18. The number of benzene rings is 3. The first-order valence-electron chi connectivity index (χ1n) is 13.1. The average Bonchev–Trinajstić information content (AvgIpc) is 3.35. The molecule has 2 heterocycles. The number of hydrogen-bond acceptors (Lipinski definition) is 6. The molecule has 0 aliphatic carbocycles. The summed E-state index contributed by atoms with van der Waals surface area (Å²) in [5.41, 5.74) is 4.31. The standard InChI is InChI=1S/C30H36N4O2/c1-35-27-17-7-5-14-24(27)22-32-26-16-11-21-34(29(26)23-12-3-2-4-13-23)20-10-9-19-31-30-33-25-15-6-8-18-28(25)36-30/h2-8,12-15,17-18,26,29,32H,9-11,16,19-22H2,1H3,(H,31,33). The fourth-order valence-electron chi connectivity index (χ4n) is 5.30. The van der Waals surface area contributed by atoms with E-state index >= 15 is 0 Å². The van der Waals surface area contributed by atoms with Crippen LogP contribution in [0.4, 0.5) is 6.01 Å². The number of anilines is 1. The van der Waals surface area contributed by atoms with Crippen LogP contribution in [-0.2, 0) is 6.54 Å². The number of methoxy groups -OCH3 is 1. The Morgan fingerprint density at radius 2 is 1.78 bits per heavy atom. The van der Waals surface area contributed by atoms with Gasteiger partial charge in [-0.05, 0) is 62.5 Å². The molecule has 3 aromatic carbocycles. The number of rotatable bonds is 11. The van der Waals surface area contributed by atoms with Crippen molar-refractivity contribution >= 4 is 17.1 Å². The van der Waals surface area contributed by atoms with Gasteiger partial charge in [0.2, 0.25) is 0 Å². The Bertz CT molecular complexity index is 1190. The monoisotopic (exact) mass is 484 g/mol. The van der Waals surface area contributed by atoms with Crippen molar-refractivity contribution in [3.8, 4) is 5.75 Å². The molecule has 1 saturated heterocycles. The lowest BCUT2D eigenvalue weighted by molar-refractivity contribution is 0.109. The number of hydrogen-bond donors (Lipinski definition) is 2. The van der Waals surface area contributed by atoms with Gasteiger partial charge in [0.1, 0.15) is 11.3 Å².